The van der Waals surface area contributed by atoms with Crippen LogP contribution in [0.5, 0.6) is 0 Å². The van der Waals surface area contributed by atoms with Crippen LogP contribution in [0.3, 0.4) is 0 Å². The summed E-state index contributed by atoms with van der Waals surface area (Å²) in [5.74, 6) is 0.453. The molecule has 3 heteroatoms. The minimum atomic E-state index is -1.05. The van der Waals surface area contributed by atoms with Crippen molar-refractivity contribution in [1.82, 2.24) is 0 Å². The topological polar surface area (TPSA) is 9.23 Å². The molecule has 2 aliphatic carbocycles. The summed E-state index contributed by atoms with van der Waals surface area (Å²) in [7, 11) is 5.74. The zero-order chi connectivity index (χ0) is 10.5. The molecule has 0 unspecified atom stereocenters. The third-order valence-electron chi connectivity index (χ3n) is 2.80. The Morgan fingerprint density at radius 1 is 1.20 bits per heavy atom. The maximum absolute atomic E-state index is 5.74. The van der Waals surface area contributed by atoms with Crippen LogP contribution in [0, 0.1) is 5.92 Å². The molecule has 0 N–H and O–H groups in total. The van der Waals surface area contributed by atoms with E-state index in [0.717, 1.165) is 19.4 Å². The van der Waals surface area contributed by atoms with E-state index in [9.17, 15) is 0 Å². The fourth-order valence-electron chi connectivity index (χ4n) is 2.01. The van der Waals surface area contributed by atoms with Gasteiger partial charge in [-0.1, -0.05) is 0 Å². The second-order valence-electron chi connectivity index (χ2n) is 3.69. The van der Waals surface area contributed by atoms with Crippen molar-refractivity contribution in [3.8, 4) is 0 Å². The summed E-state index contributed by atoms with van der Waals surface area (Å²) in [5.41, 5.74) is 2.93. The van der Waals surface area contributed by atoms with E-state index in [1.807, 2.05) is 0 Å². The summed E-state index contributed by atoms with van der Waals surface area (Å²) in [6.07, 6.45) is 15.2. The Morgan fingerprint density at radius 3 is 2.20 bits per heavy atom. The number of allylic oxidation sites excluding steroid dienone is 6. The van der Waals surface area contributed by atoms with E-state index >= 15 is 0 Å². The van der Waals surface area contributed by atoms with Gasteiger partial charge >= 0.3 is 107 Å². The molecule has 0 amide bonds. The van der Waals surface area contributed by atoms with Gasteiger partial charge in [-0.25, -0.2) is 0 Å². The van der Waals surface area contributed by atoms with Crippen molar-refractivity contribution < 1.29 is 25.3 Å². The van der Waals surface area contributed by atoms with Gasteiger partial charge in [-0.05, 0) is 0 Å². The molecule has 2 rings (SSSR count). The third-order valence-corrected chi connectivity index (χ3v) is 4.12. The van der Waals surface area contributed by atoms with Crippen molar-refractivity contribution in [3.05, 3.63) is 47.6 Å². The standard InChI is InChI=1S/C12H13O.ClH.Zr/c13-9-12(10-5-1-2-6-10)11-7-3-4-8-11;;/h1-5,7,12H,6,8-9H2;1H;/q-1;;+2/p-1. The van der Waals surface area contributed by atoms with Gasteiger partial charge in [0.15, 0.2) is 0 Å². The minimum absolute atomic E-state index is 0.453. The van der Waals surface area contributed by atoms with Crippen molar-refractivity contribution in [2.24, 2.45) is 5.92 Å². The van der Waals surface area contributed by atoms with Gasteiger partial charge in [-0.15, -0.1) is 0 Å². The first-order valence-corrected chi connectivity index (χ1v) is 9.27. The van der Waals surface area contributed by atoms with E-state index < -0.39 is 22.5 Å². The van der Waals surface area contributed by atoms with Crippen molar-refractivity contribution in [2.45, 2.75) is 12.8 Å². The molecule has 0 radical (unpaired) electrons. The maximum atomic E-state index is 5.74. The number of hydrogen-bond acceptors (Lipinski definition) is 1. The Labute approximate surface area is 106 Å². The normalized spacial score (nSPS) is 18.5. The van der Waals surface area contributed by atoms with Gasteiger partial charge in [0.1, 0.15) is 0 Å². The zero-order valence-electron chi connectivity index (χ0n) is 8.45. The van der Waals surface area contributed by atoms with E-state index in [-0.39, 0.29) is 0 Å². The molecule has 0 atom stereocenters. The van der Waals surface area contributed by atoms with Gasteiger partial charge in [0, 0.05) is 0 Å². The predicted octanol–water partition coefficient (Wildman–Crippen LogP) is 3.54. The van der Waals surface area contributed by atoms with Crippen LogP contribution in [-0.4, -0.2) is 6.61 Å². The van der Waals surface area contributed by atoms with Crippen molar-refractivity contribution >= 4 is 8.51 Å². The van der Waals surface area contributed by atoms with E-state index in [2.05, 4.69) is 36.5 Å². The fourth-order valence-corrected chi connectivity index (χ4v) is 2.95. The van der Waals surface area contributed by atoms with E-state index in [0.29, 0.717) is 5.92 Å². The molecule has 0 saturated carbocycles. The molecule has 0 spiro atoms. The van der Waals surface area contributed by atoms with Crippen molar-refractivity contribution in [2.75, 3.05) is 6.61 Å². The second kappa shape index (κ2) is 5.98. The van der Waals surface area contributed by atoms with Gasteiger partial charge in [-0.2, -0.15) is 0 Å². The van der Waals surface area contributed by atoms with Crippen LogP contribution in [0.4, 0.5) is 0 Å². The molecule has 0 saturated heterocycles. The summed E-state index contributed by atoms with van der Waals surface area (Å²) in [5, 5.41) is 0. The van der Waals surface area contributed by atoms with Crippen LogP contribution < -0.4 is 0 Å². The molecule has 0 bridgehead atoms. The molecule has 2 aliphatic rings. The first-order valence-electron chi connectivity index (χ1n) is 5.10. The summed E-state index contributed by atoms with van der Waals surface area (Å²) in [4.78, 5) is 0. The first-order chi connectivity index (χ1) is 7.42. The fraction of sp³-hybridized carbons (Fsp3) is 0.333. The molecule has 0 aromatic heterocycles. The molecule has 0 aliphatic heterocycles. The average molecular weight is 300 g/mol. The molecular formula is C12H13ClOZr. The predicted molar refractivity (Wildman–Crippen MR) is 59.0 cm³/mol. The van der Waals surface area contributed by atoms with Crippen LogP contribution >= 0.6 is 8.51 Å². The van der Waals surface area contributed by atoms with Gasteiger partial charge in [0.05, 0.1) is 0 Å². The van der Waals surface area contributed by atoms with E-state index in [1.165, 1.54) is 11.1 Å². The van der Waals surface area contributed by atoms with E-state index in [4.69, 9.17) is 11.3 Å². The third kappa shape index (κ3) is 3.03. The number of rotatable bonds is 5. The number of hydrogen-bond donors (Lipinski definition) is 0. The zero-order valence-corrected chi connectivity index (χ0v) is 11.7. The summed E-state index contributed by atoms with van der Waals surface area (Å²) < 4.78 is 5.52. The molecule has 15 heavy (non-hydrogen) atoms. The summed E-state index contributed by atoms with van der Waals surface area (Å²) >= 11 is -1.05. The quantitative estimate of drug-likeness (QED) is 0.754. The Hall–Kier alpha value is 0.0931. The van der Waals surface area contributed by atoms with E-state index in [1.54, 1.807) is 0 Å². The molecule has 0 aromatic carbocycles. The van der Waals surface area contributed by atoms with Crippen LogP contribution in [0.25, 0.3) is 0 Å². The molecule has 0 fully saturated rings. The van der Waals surface area contributed by atoms with Gasteiger partial charge in [0.25, 0.3) is 0 Å². The Morgan fingerprint density at radius 2 is 1.80 bits per heavy atom. The van der Waals surface area contributed by atoms with Gasteiger partial charge in [0.2, 0.25) is 0 Å². The van der Waals surface area contributed by atoms with Crippen LogP contribution in [0.15, 0.2) is 47.6 Å². The van der Waals surface area contributed by atoms with Crippen LogP contribution in [0.2, 0.25) is 0 Å². The van der Waals surface area contributed by atoms with Crippen molar-refractivity contribution in [1.29, 1.82) is 0 Å². The Bertz CT molecular complexity index is 312. The molecule has 1 nitrogen and oxygen atoms in total. The second-order valence-corrected chi connectivity index (χ2v) is 5.69. The summed E-state index contributed by atoms with van der Waals surface area (Å²) in [6, 6.07) is 0. The van der Waals surface area contributed by atoms with Gasteiger partial charge in [-0.3, -0.25) is 0 Å². The average Bonchev–Trinajstić information content (AvgIpc) is 2.90. The number of halogens is 1. The molecule has 78 valence electrons. The molecule has 0 heterocycles. The van der Waals surface area contributed by atoms with Crippen molar-refractivity contribution in [3.63, 3.8) is 0 Å². The van der Waals surface area contributed by atoms with Gasteiger partial charge < -0.3 is 0 Å². The molecule has 0 aromatic rings. The summed E-state index contributed by atoms with van der Waals surface area (Å²) in [6.45, 7) is 0.774. The van der Waals surface area contributed by atoms with Crippen LogP contribution in [-0.2, 0) is 25.3 Å². The Kier molecular flexibility index (Phi) is 4.62. The van der Waals surface area contributed by atoms with Crippen LogP contribution in [0.1, 0.15) is 12.8 Å². The SMILES string of the molecule is [Cl][Zr][O]CC(C1=CC=CC1)C1=CC=CC1. The Balaban J connectivity index is 2.02. The molecular weight excluding hydrogens is 287 g/mol. The monoisotopic (exact) mass is 298 g/mol. The first kappa shape index (κ1) is 11.6.